The molecule has 0 amide bonds. The van der Waals surface area contributed by atoms with Gasteiger partial charge in [-0.05, 0) is 6.92 Å². The van der Waals surface area contributed by atoms with E-state index in [9.17, 15) is 24.1 Å². The summed E-state index contributed by atoms with van der Waals surface area (Å²) in [6, 6.07) is 1.34. The van der Waals surface area contributed by atoms with Crippen molar-refractivity contribution in [2.75, 3.05) is 13.2 Å². The minimum Gasteiger partial charge on any atom is -0.466 e. The van der Waals surface area contributed by atoms with Crippen LogP contribution in [-0.2, 0) is 14.3 Å². The van der Waals surface area contributed by atoms with E-state index in [4.69, 9.17) is 16.3 Å². The Morgan fingerprint density at radius 2 is 2.05 bits per heavy atom. The van der Waals surface area contributed by atoms with Gasteiger partial charge in [-0.2, -0.15) is 4.39 Å². The van der Waals surface area contributed by atoms with Gasteiger partial charge in [0, 0.05) is 12.1 Å². The number of esters is 2. The molecule has 0 N–H and O–H groups in total. The lowest BCUT2D eigenvalue weighted by atomic mass is 10.2. The lowest BCUT2D eigenvalue weighted by Crippen LogP contribution is -2.13. The predicted molar refractivity (Wildman–Crippen MR) is 69.6 cm³/mol. The van der Waals surface area contributed by atoms with Crippen molar-refractivity contribution >= 4 is 29.2 Å². The molecule has 0 saturated heterocycles. The fourth-order valence-electron chi connectivity index (χ4n) is 1.37. The third-order valence-electron chi connectivity index (χ3n) is 2.30. The number of nitrogens with zero attached hydrogens (tertiary/aromatic N) is 1. The third kappa shape index (κ3) is 4.67. The molecule has 21 heavy (non-hydrogen) atoms. The van der Waals surface area contributed by atoms with Crippen LogP contribution in [0.1, 0.15) is 23.7 Å². The van der Waals surface area contributed by atoms with Gasteiger partial charge in [0.1, 0.15) is 6.61 Å². The van der Waals surface area contributed by atoms with Crippen LogP contribution < -0.4 is 0 Å². The molecular formula is C12H11ClFNO6. The largest absolute Gasteiger partial charge is 0.466 e. The van der Waals surface area contributed by atoms with Gasteiger partial charge < -0.3 is 9.47 Å². The second-order valence-electron chi connectivity index (χ2n) is 3.73. The highest BCUT2D eigenvalue weighted by Gasteiger charge is 2.22. The Morgan fingerprint density at radius 1 is 1.38 bits per heavy atom. The summed E-state index contributed by atoms with van der Waals surface area (Å²) in [4.78, 5) is 32.3. The van der Waals surface area contributed by atoms with Crippen molar-refractivity contribution in [2.45, 2.75) is 13.3 Å². The summed E-state index contributed by atoms with van der Waals surface area (Å²) < 4.78 is 22.6. The number of nitro benzene ring substituents is 1. The Morgan fingerprint density at radius 3 is 2.62 bits per heavy atom. The first kappa shape index (κ1) is 16.8. The lowest BCUT2D eigenvalue weighted by molar-refractivity contribution is -0.387. The van der Waals surface area contributed by atoms with Crippen molar-refractivity contribution in [2.24, 2.45) is 0 Å². The fourth-order valence-corrected chi connectivity index (χ4v) is 1.60. The molecule has 114 valence electrons. The molecule has 0 heterocycles. The van der Waals surface area contributed by atoms with Crippen LogP contribution in [-0.4, -0.2) is 30.1 Å². The van der Waals surface area contributed by atoms with Crippen molar-refractivity contribution < 1.29 is 28.4 Å². The van der Waals surface area contributed by atoms with E-state index in [0.717, 1.165) is 0 Å². The summed E-state index contributed by atoms with van der Waals surface area (Å²) >= 11 is 5.64. The molecular weight excluding hydrogens is 309 g/mol. The number of carbonyl (C=O) groups is 2. The first-order valence-corrected chi connectivity index (χ1v) is 6.20. The van der Waals surface area contributed by atoms with Crippen LogP contribution in [0.15, 0.2) is 12.1 Å². The van der Waals surface area contributed by atoms with Crippen molar-refractivity contribution in [1.82, 2.24) is 0 Å². The highest BCUT2D eigenvalue weighted by molar-refractivity contribution is 6.33. The standard InChI is InChI=1S/C12H11ClFNO6/c1-2-20-11(16)3-4-21-12(17)7-5-10(15(18)19)9(14)6-8(7)13/h5-6H,2-4H2,1H3. The summed E-state index contributed by atoms with van der Waals surface area (Å²) in [6.07, 6.45) is -0.166. The van der Waals surface area contributed by atoms with E-state index in [0.29, 0.717) is 12.1 Å². The Balaban J connectivity index is 2.76. The van der Waals surface area contributed by atoms with Gasteiger partial charge in [0.15, 0.2) is 0 Å². The van der Waals surface area contributed by atoms with E-state index in [1.54, 1.807) is 6.92 Å². The molecule has 9 heteroatoms. The third-order valence-corrected chi connectivity index (χ3v) is 2.61. The van der Waals surface area contributed by atoms with Crippen molar-refractivity contribution in [3.05, 3.63) is 38.7 Å². The van der Waals surface area contributed by atoms with Crippen LogP contribution in [0, 0.1) is 15.9 Å². The minimum atomic E-state index is -1.16. The SMILES string of the molecule is CCOC(=O)CCOC(=O)c1cc([N+](=O)[O-])c(F)cc1Cl. The average molecular weight is 320 g/mol. The Labute approximate surface area is 123 Å². The molecule has 0 aliphatic rings. The highest BCUT2D eigenvalue weighted by Crippen LogP contribution is 2.26. The van der Waals surface area contributed by atoms with Gasteiger partial charge in [0.05, 0.1) is 28.5 Å². The fraction of sp³-hybridized carbons (Fsp3) is 0.333. The maximum Gasteiger partial charge on any atom is 0.339 e. The molecule has 0 spiro atoms. The molecule has 1 aromatic carbocycles. The second kappa shape index (κ2) is 7.53. The molecule has 0 radical (unpaired) electrons. The summed E-state index contributed by atoms with van der Waals surface area (Å²) in [5.41, 5.74) is -1.25. The maximum atomic E-state index is 13.2. The van der Waals surface area contributed by atoms with Gasteiger partial charge in [-0.25, -0.2) is 4.79 Å². The topological polar surface area (TPSA) is 95.7 Å². The van der Waals surface area contributed by atoms with Gasteiger partial charge in [0.25, 0.3) is 0 Å². The molecule has 0 unspecified atom stereocenters. The molecule has 0 aromatic heterocycles. The number of hydrogen-bond donors (Lipinski definition) is 0. The van der Waals surface area contributed by atoms with E-state index >= 15 is 0 Å². The normalized spacial score (nSPS) is 10.0. The van der Waals surface area contributed by atoms with E-state index in [1.807, 2.05) is 0 Å². The Hall–Kier alpha value is -2.22. The number of carbonyl (C=O) groups excluding carboxylic acids is 2. The summed E-state index contributed by atoms with van der Waals surface area (Å²) in [7, 11) is 0. The Bertz CT molecular complexity index is 577. The number of benzene rings is 1. The van der Waals surface area contributed by atoms with Crippen molar-refractivity contribution in [1.29, 1.82) is 0 Å². The van der Waals surface area contributed by atoms with Crippen molar-refractivity contribution in [3.8, 4) is 0 Å². The van der Waals surface area contributed by atoms with E-state index in [2.05, 4.69) is 4.74 Å². The van der Waals surface area contributed by atoms with Crippen LogP contribution in [0.3, 0.4) is 0 Å². The van der Waals surface area contributed by atoms with Crippen LogP contribution in [0.25, 0.3) is 0 Å². The maximum absolute atomic E-state index is 13.2. The number of nitro groups is 1. The Kier molecular flexibility index (Phi) is 6.04. The number of halogens is 2. The van der Waals surface area contributed by atoms with Gasteiger partial charge in [0.2, 0.25) is 5.82 Å². The van der Waals surface area contributed by atoms with Gasteiger partial charge in [-0.1, -0.05) is 11.6 Å². The smallest absolute Gasteiger partial charge is 0.339 e. The summed E-state index contributed by atoms with van der Waals surface area (Å²) in [5, 5.41) is 10.3. The number of hydrogen-bond acceptors (Lipinski definition) is 6. The molecule has 1 rings (SSSR count). The summed E-state index contributed by atoms with van der Waals surface area (Å²) in [6.45, 7) is 1.54. The molecule has 0 bridgehead atoms. The lowest BCUT2D eigenvalue weighted by Gasteiger charge is -2.06. The van der Waals surface area contributed by atoms with Crippen LogP contribution >= 0.6 is 11.6 Å². The van der Waals surface area contributed by atoms with Crippen molar-refractivity contribution in [3.63, 3.8) is 0 Å². The number of rotatable bonds is 6. The first-order valence-electron chi connectivity index (χ1n) is 5.83. The number of ether oxygens (including phenoxy) is 2. The predicted octanol–water partition coefficient (Wildman–Crippen LogP) is 2.50. The molecule has 0 saturated carbocycles. The molecule has 0 atom stereocenters. The monoisotopic (exact) mass is 319 g/mol. The van der Waals surface area contributed by atoms with E-state index < -0.39 is 28.4 Å². The average Bonchev–Trinajstić information content (AvgIpc) is 2.38. The van der Waals surface area contributed by atoms with Crippen LogP contribution in [0.4, 0.5) is 10.1 Å². The minimum absolute atomic E-state index is 0.166. The van der Waals surface area contributed by atoms with Gasteiger partial charge >= 0.3 is 17.6 Å². The zero-order valence-corrected chi connectivity index (χ0v) is 11.7. The quantitative estimate of drug-likeness (QED) is 0.454. The van der Waals surface area contributed by atoms with E-state index in [1.165, 1.54) is 0 Å². The van der Waals surface area contributed by atoms with E-state index in [-0.39, 0.29) is 30.2 Å². The second-order valence-corrected chi connectivity index (χ2v) is 4.14. The zero-order valence-electron chi connectivity index (χ0n) is 10.9. The molecule has 0 fully saturated rings. The molecule has 7 nitrogen and oxygen atoms in total. The zero-order chi connectivity index (χ0) is 16.0. The van der Waals surface area contributed by atoms with Gasteiger partial charge in [-0.3, -0.25) is 14.9 Å². The van der Waals surface area contributed by atoms with Crippen LogP contribution in [0.5, 0.6) is 0 Å². The van der Waals surface area contributed by atoms with Gasteiger partial charge in [-0.15, -0.1) is 0 Å². The van der Waals surface area contributed by atoms with Crippen LogP contribution in [0.2, 0.25) is 5.02 Å². The molecule has 0 aliphatic carbocycles. The summed E-state index contributed by atoms with van der Waals surface area (Å²) in [5.74, 6) is -2.71. The molecule has 1 aromatic rings. The highest BCUT2D eigenvalue weighted by atomic mass is 35.5. The molecule has 0 aliphatic heterocycles. The first-order chi connectivity index (χ1) is 9.86.